The molecule has 3 heteroatoms. The standard InChI is InChI=1S/C14H24N2O/c1-3-15-11-12-7-4-5-9-16(2)14(12)13-8-6-10-17-13/h6,8,10,12,14-15H,3-5,7,9,11H2,1-2H3. The molecule has 1 saturated heterocycles. The van der Waals surface area contributed by atoms with E-state index >= 15 is 0 Å². The third-order valence-electron chi connectivity index (χ3n) is 3.75. The lowest BCUT2D eigenvalue weighted by Gasteiger charge is -2.30. The largest absolute Gasteiger partial charge is 0.468 e. The monoisotopic (exact) mass is 236 g/mol. The van der Waals surface area contributed by atoms with E-state index in [1.54, 1.807) is 6.26 Å². The van der Waals surface area contributed by atoms with Crippen molar-refractivity contribution in [2.45, 2.75) is 32.2 Å². The van der Waals surface area contributed by atoms with Gasteiger partial charge in [-0.25, -0.2) is 0 Å². The average molecular weight is 236 g/mol. The first-order chi connectivity index (χ1) is 8.33. The van der Waals surface area contributed by atoms with E-state index < -0.39 is 0 Å². The first-order valence-electron chi connectivity index (χ1n) is 6.77. The quantitative estimate of drug-likeness (QED) is 0.871. The van der Waals surface area contributed by atoms with E-state index in [0.717, 1.165) is 18.8 Å². The lowest BCUT2D eigenvalue weighted by Crippen LogP contribution is -2.34. The van der Waals surface area contributed by atoms with Crippen molar-refractivity contribution in [2.24, 2.45) is 5.92 Å². The third kappa shape index (κ3) is 3.11. The normalized spacial score (nSPS) is 26.9. The topological polar surface area (TPSA) is 28.4 Å². The van der Waals surface area contributed by atoms with Crippen molar-refractivity contribution < 1.29 is 4.42 Å². The molecule has 0 bridgehead atoms. The van der Waals surface area contributed by atoms with Crippen LogP contribution in [0.15, 0.2) is 22.8 Å². The number of nitrogens with one attached hydrogen (secondary N) is 1. The Balaban J connectivity index is 2.13. The van der Waals surface area contributed by atoms with Crippen LogP contribution in [0.1, 0.15) is 38.0 Å². The lowest BCUT2D eigenvalue weighted by molar-refractivity contribution is 0.163. The number of likely N-dealkylation sites (tertiary alicyclic amines) is 1. The van der Waals surface area contributed by atoms with Gasteiger partial charge in [-0.15, -0.1) is 0 Å². The summed E-state index contributed by atoms with van der Waals surface area (Å²) in [5, 5.41) is 3.49. The lowest BCUT2D eigenvalue weighted by atomic mass is 9.93. The molecule has 2 unspecified atom stereocenters. The SMILES string of the molecule is CCNCC1CCCCN(C)C1c1ccco1. The summed E-state index contributed by atoms with van der Waals surface area (Å²) in [4.78, 5) is 2.45. The van der Waals surface area contributed by atoms with Crippen LogP contribution in [0.4, 0.5) is 0 Å². The fourth-order valence-corrected chi connectivity index (χ4v) is 2.88. The minimum absolute atomic E-state index is 0.437. The zero-order valence-corrected chi connectivity index (χ0v) is 11.0. The van der Waals surface area contributed by atoms with Gasteiger partial charge in [0.1, 0.15) is 5.76 Å². The first kappa shape index (κ1) is 12.7. The third-order valence-corrected chi connectivity index (χ3v) is 3.75. The second-order valence-corrected chi connectivity index (χ2v) is 5.00. The fourth-order valence-electron chi connectivity index (χ4n) is 2.88. The summed E-state index contributed by atoms with van der Waals surface area (Å²) < 4.78 is 5.64. The Morgan fingerprint density at radius 2 is 2.35 bits per heavy atom. The molecule has 1 aromatic rings. The van der Waals surface area contributed by atoms with E-state index in [4.69, 9.17) is 4.42 Å². The van der Waals surface area contributed by atoms with Crippen molar-refractivity contribution >= 4 is 0 Å². The molecule has 0 aliphatic carbocycles. The number of hydrogen-bond donors (Lipinski definition) is 1. The Kier molecular flexibility index (Phi) is 4.63. The molecule has 3 nitrogen and oxygen atoms in total. The molecule has 0 radical (unpaired) electrons. The number of nitrogens with zero attached hydrogens (tertiary/aromatic N) is 1. The first-order valence-corrected chi connectivity index (χ1v) is 6.77. The summed E-state index contributed by atoms with van der Waals surface area (Å²) in [6.07, 6.45) is 5.72. The Morgan fingerprint density at radius 1 is 1.47 bits per heavy atom. The summed E-state index contributed by atoms with van der Waals surface area (Å²) in [5.74, 6) is 1.78. The maximum absolute atomic E-state index is 5.64. The van der Waals surface area contributed by atoms with Gasteiger partial charge < -0.3 is 9.73 Å². The summed E-state index contributed by atoms with van der Waals surface area (Å²) in [6.45, 7) is 5.48. The minimum Gasteiger partial charge on any atom is -0.468 e. The van der Waals surface area contributed by atoms with E-state index in [-0.39, 0.29) is 0 Å². The second kappa shape index (κ2) is 6.22. The molecule has 2 heterocycles. The Bertz CT molecular complexity index is 310. The van der Waals surface area contributed by atoms with Crippen LogP contribution in [0.2, 0.25) is 0 Å². The molecule has 2 rings (SSSR count). The molecule has 0 aromatic carbocycles. The summed E-state index contributed by atoms with van der Waals surface area (Å²) in [6, 6.07) is 4.55. The second-order valence-electron chi connectivity index (χ2n) is 5.00. The average Bonchev–Trinajstić information content (AvgIpc) is 2.78. The van der Waals surface area contributed by atoms with Gasteiger partial charge in [-0.1, -0.05) is 13.3 Å². The molecule has 1 N–H and O–H groups in total. The van der Waals surface area contributed by atoms with Crippen LogP contribution in [-0.4, -0.2) is 31.6 Å². The summed E-state index contributed by atoms with van der Waals surface area (Å²) >= 11 is 0. The number of furan rings is 1. The van der Waals surface area contributed by atoms with E-state index in [1.165, 1.54) is 25.8 Å². The van der Waals surface area contributed by atoms with Crippen LogP contribution in [0, 0.1) is 5.92 Å². The van der Waals surface area contributed by atoms with Crippen molar-refractivity contribution in [1.29, 1.82) is 0 Å². The summed E-state index contributed by atoms with van der Waals surface area (Å²) in [7, 11) is 2.22. The highest BCUT2D eigenvalue weighted by atomic mass is 16.3. The molecular formula is C14H24N2O. The molecule has 1 aromatic heterocycles. The van der Waals surface area contributed by atoms with Crippen LogP contribution >= 0.6 is 0 Å². The van der Waals surface area contributed by atoms with Gasteiger partial charge in [-0.3, -0.25) is 4.90 Å². The van der Waals surface area contributed by atoms with Gasteiger partial charge in [0.25, 0.3) is 0 Å². The van der Waals surface area contributed by atoms with Gasteiger partial charge >= 0.3 is 0 Å². The van der Waals surface area contributed by atoms with Crippen molar-refractivity contribution in [3.63, 3.8) is 0 Å². The molecule has 2 atom stereocenters. The van der Waals surface area contributed by atoms with Crippen LogP contribution in [0.5, 0.6) is 0 Å². The summed E-state index contributed by atoms with van der Waals surface area (Å²) in [5.41, 5.74) is 0. The molecule has 0 amide bonds. The zero-order chi connectivity index (χ0) is 12.1. The Hall–Kier alpha value is -0.800. The molecular weight excluding hydrogens is 212 g/mol. The molecule has 1 aliphatic heterocycles. The minimum atomic E-state index is 0.437. The van der Waals surface area contributed by atoms with Crippen LogP contribution in [0.25, 0.3) is 0 Å². The smallest absolute Gasteiger partial charge is 0.121 e. The van der Waals surface area contributed by atoms with Gasteiger partial charge in [-0.2, -0.15) is 0 Å². The highest BCUT2D eigenvalue weighted by Gasteiger charge is 2.30. The zero-order valence-electron chi connectivity index (χ0n) is 11.0. The molecule has 17 heavy (non-hydrogen) atoms. The highest BCUT2D eigenvalue weighted by molar-refractivity contribution is 5.07. The van der Waals surface area contributed by atoms with Crippen LogP contribution in [0.3, 0.4) is 0 Å². The number of rotatable bonds is 4. The van der Waals surface area contributed by atoms with E-state index in [0.29, 0.717) is 12.0 Å². The Labute approximate surface area is 104 Å². The molecule has 1 fully saturated rings. The Morgan fingerprint density at radius 3 is 3.06 bits per heavy atom. The van der Waals surface area contributed by atoms with Gasteiger partial charge in [0, 0.05) is 0 Å². The van der Waals surface area contributed by atoms with Crippen molar-refractivity contribution in [1.82, 2.24) is 10.2 Å². The fraction of sp³-hybridized carbons (Fsp3) is 0.714. The van der Waals surface area contributed by atoms with E-state index in [1.807, 2.05) is 6.07 Å². The highest BCUT2D eigenvalue weighted by Crippen LogP contribution is 2.33. The molecule has 1 aliphatic rings. The predicted molar refractivity (Wildman–Crippen MR) is 70.0 cm³/mol. The van der Waals surface area contributed by atoms with Crippen molar-refractivity contribution in [3.05, 3.63) is 24.2 Å². The van der Waals surface area contributed by atoms with E-state index in [9.17, 15) is 0 Å². The van der Waals surface area contributed by atoms with Gasteiger partial charge in [0.15, 0.2) is 0 Å². The predicted octanol–water partition coefficient (Wildman–Crippen LogP) is 2.66. The maximum atomic E-state index is 5.64. The molecule has 96 valence electrons. The molecule has 0 saturated carbocycles. The van der Waals surface area contributed by atoms with Gasteiger partial charge in [0.2, 0.25) is 0 Å². The van der Waals surface area contributed by atoms with Crippen molar-refractivity contribution in [3.8, 4) is 0 Å². The van der Waals surface area contributed by atoms with Crippen LogP contribution in [-0.2, 0) is 0 Å². The van der Waals surface area contributed by atoms with Crippen molar-refractivity contribution in [2.75, 3.05) is 26.7 Å². The van der Waals surface area contributed by atoms with Crippen LogP contribution < -0.4 is 5.32 Å². The van der Waals surface area contributed by atoms with Gasteiger partial charge in [0.05, 0.1) is 12.3 Å². The maximum Gasteiger partial charge on any atom is 0.121 e. The number of hydrogen-bond acceptors (Lipinski definition) is 3. The van der Waals surface area contributed by atoms with Gasteiger partial charge in [-0.05, 0) is 57.6 Å². The molecule has 0 spiro atoms. The van der Waals surface area contributed by atoms with E-state index in [2.05, 4.69) is 30.3 Å².